The van der Waals surface area contributed by atoms with Crippen LogP contribution in [0.15, 0.2) is 59.8 Å². The van der Waals surface area contributed by atoms with Crippen molar-refractivity contribution in [2.24, 2.45) is 0 Å². The summed E-state index contributed by atoms with van der Waals surface area (Å²) >= 11 is 6.09. The molecule has 0 spiro atoms. The van der Waals surface area contributed by atoms with Crippen LogP contribution in [0.3, 0.4) is 0 Å². The second-order valence-electron chi connectivity index (χ2n) is 7.62. The maximum absolute atomic E-state index is 12.9. The zero-order chi connectivity index (χ0) is 22.8. The molecule has 164 valence electrons. The van der Waals surface area contributed by atoms with Gasteiger partial charge >= 0.3 is 0 Å². The molecule has 0 radical (unpaired) electrons. The van der Waals surface area contributed by atoms with Gasteiger partial charge in [-0.3, -0.25) is 14.2 Å². The van der Waals surface area contributed by atoms with Gasteiger partial charge in [0.2, 0.25) is 5.91 Å². The smallest absolute Gasteiger partial charge is 0.264 e. The van der Waals surface area contributed by atoms with Gasteiger partial charge in [0.25, 0.3) is 5.56 Å². The van der Waals surface area contributed by atoms with Gasteiger partial charge in [0.1, 0.15) is 24.0 Å². The molecule has 32 heavy (non-hydrogen) atoms. The van der Waals surface area contributed by atoms with Crippen molar-refractivity contribution in [2.75, 3.05) is 12.4 Å². The van der Waals surface area contributed by atoms with Crippen LogP contribution >= 0.6 is 11.6 Å². The third-order valence-electron chi connectivity index (χ3n) is 5.11. The molecule has 0 saturated carbocycles. The third-order valence-corrected chi connectivity index (χ3v) is 5.40. The summed E-state index contributed by atoms with van der Waals surface area (Å²) in [5.41, 5.74) is 2.61. The van der Waals surface area contributed by atoms with E-state index in [1.807, 2.05) is 24.3 Å². The lowest BCUT2D eigenvalue weighted by Crippen LogP contribution is -2.27. The van der Waals surface area contributed by atoms with Gasteiger partial charge in [0.05, 0.1) is 24.0 Å². The fraction of sp³-hybridized carbons (Fsp3) is 0.217. The first-order chi connectivity index (χ1) is 15.4. The molecule has 4 rings (SSSR count). The predicted molar refractivity (Wildman–Crippen MR) is 124 cm³/mol. The molecule has 1 N–H and O–H groups in total. The van der Waals surface area contributed by atoms with Gasteiger partial charge in [0.15, 0.2) is 5.65 Å². The number of carbonyl (C=O) groups excluding carboxylic acids is 1. The summed E-state index contributed by atoms with van der Waals surface area (Å²) in [6.45, 7) is 4.06. The fourth-order valence-corrected chi connectivity index (χ4v) is 3.61. The number of anilines is 1. The van der Waals surface area contributed by atoms with Crippen LogP contribution in [0, 0.1) is 0 Å². The lowest BCUT2D eigenvalue weighted by molar-refractivity contribution is -0.116. The molecule has 2 aromatic carbocycles. The first kappa shape index (κ1) is 21.6. The molecule has 0 aliphatic heterocycles. The molecule has 2 aromatic heterocycles. The van der Waals surface area contributed by atoms with Crippen molar-refractivity contribution in [1.82, 2.24) is 19.3 Å². The monoisotopic (exact) mass is 451 g/mol. The van der Waals surface area contributed by atoms with Gasteiger partial charge in [-0.1, -0.05) is 37.6 Å². The molecule has 2 heterocycles. The first-order valence-electron chi connectivity index (χ1n) is 10.0. The average Bonchev–Trinajstić information content (AvgIpc) is 3.21. The van der Waals surface area contributed by atoms with Crippen molar-refractivity contribution in [3.05, 3.63) is 75.9 Å². The van der Waals surface area contributed by atoms with Gasteiger partial charge in [-0.15, -0.1) is 0 Å². The molecule has 0 aliphatic carbocycles. The number of nitrogens with zero attached hydrogens (tertiary/aromatic N) is 4. The molecule has 0 aliphatic rings. The lowest BCUT2D eigenvalue weighted by atomic mass is 10.0. The van der Waals surface area contributed by atoms with Crippen molar-refractivity contribution in [2.45, 2.75) is 26.3 Å². The fourth-order valence-electron chi connectivity index (χ4n) is 3.35. The van der Waals surface area contributed by atoms with E-state index in [0.29, 0.717) is 33.4 Å². The summed E-state index contributed by atoms with van der Waals surface area (Å²) in [7, 11) is 1.51. The van der Waals surface area contributed by atoms with Crippen molar-refractivity contribution in [1.29, 1.82) is 0 Å². The van der Waals surface area contributed by atoms with Gasteiger partial charge in [0, 0.05) is 5.69 Å². The molecule has 0 saturated heterocycles. The van der Waals surface area contributed by atoms with E-state index in [-0.39, 0.29) is 18.0 Å². The van der Waals surface area contributed by atoms with E-state index < -0.39 is 0 Å². The highest BCUT2D eigenvalue weighted by atomic mass is 35.5. The van der Waals surface area contributed by atoms with Crippen LogP contribution in [-0.4, -0.2) is 32.3 Å². The van der Waals surface area contributed by atoms with E-state index in [4.69, 9.17) is 16.3 Å². The molecule has 0 fully saturated rings. The van der Waals surface area contributed by atoms with E-state index in [2.05, 4.69) is 29.2 Å². The van der Waals surface area contributed by atoms with E-state index >= 15 is 0 Å². The normalized spacial score (nSPS) is 11.2. The number of nitrogens with one attached hydrogen (secondary N) is 1. The van der Waals surface area contributed by atoms with Crippen molar-refractivity contribution in [3.63, 3.8) is 0 Å². The Kier molecular flexibility index (Phi) is 5.96. The Bertz CT molecular complexity index is 1340. The van der Waals surface area contributed by atoms with E-state index in [1.165, 1.54) is 29.8 Å². The number of hydrogen-bond donors (Lipinski definition) is 1. The average molecular weight is 452 g/mol. The van der Waals surface area contributed by atoms with Gasteiger partial charge in [-0.2, -0.15) is 5.10 Å². The molecular formula is C23H22ClN5O3. The molecule has 0 atom stereocenters. The van der Waals surface area contributed by atoms with Crippen LogP contribution in [0.4, 0.5) is 5.69 Å². The number of methoxy groups -OCH3 is 1. The summed E-state index contributed by atoms with van der Waals surface area (Å²) in [5.74, 6) is 0.543. The van der Waals surface area contributed by atoms with Gasteiger partial charge in [-0.25, -0.2) is 9.67 Å². The Morgan fingerprint density at radius 3 is 2.59 bits per heavy atom. The number of halogens is 1. The maximum atomic E-state index is 12.9. The molecule has 1 amide bonds. The highest BCUT2D eigenvalue weighted by molar-refractivity contribution is 6.32. The zero-order valence-electron chi connectivity index (χ0n) is 17.9. The van der Waals surface area contributed by atoms with Crippen LogP contribution in [0.25, 0.3) is 16.7 Å². The maximum Gasteiger partial charge on any atom is 0.264 e. The number of amides is 1. The number of fused-ring (bicyclic) bond motifs is 1. The van der Waals surface area contributed by atoms with E-state index in [1.54, 1.807) is 22.9 Å². The first-order valence-corrected chi connectivity index (χ1v) is 10.4. The topological polar surface area (TPSA) is 91.0 Å². The van der Waals surface area contributed by atoms with Crippen LogP contribution < -0.4 is 15.6 Å². The number of aromatic nitrogens is 4. The molecule has 9 heteroatoms. The Balaban J connectivity index is 1.56. The van der Waals surface area contributed by atoms with E-state index in [0.717, 1.165) is 5.69 Å². The second-order valence-corrected chi connectivity index (χ2v) is 8.02. The summed E-state index contributed by atoms with van der Waals surface area (Å²) in [6.07, 6.45) is 2.82. The van der Waals surface area contributed by atoms with Crippen molar-refractivity contribution in [3.8, 4) is 11.4 Å². The summed E-state index contributed by atoms with van der Waals surface area (Å²) < 4.78 is 7.96. The quantitative estimate of drug-likeness (QED) is 0.478. The minimum Gasteiger partial charge on any atom is -0.495 e. The third kappa shape index (κ3) is 4.22. The summed E-state index contributed by atoms with van der Waals surface area (Å²) in [5, 5.41) is 7.75. The number of carbonyl (C=O) groups is 1. The zero-order valence-corrected chi connectivity index (χ0v) is 18.6. The lowest BCUT2D eigenvalue weighted by Gasteiger charge is -2.10. The highest BCUT2D eigenvalue weighted by Gasteiger charge is 2.14. The Morgan fingerprint density at radius 1 is 1.19 bits per heavy atom. The van der Waals surface area contributed by atoms with Crippen LogP contribution in [0.2, 0.25) is 5.02 Å². The largest absolute Gasteiger partial charge is 0.495 e. The minimum atomic E-state index is -0.383. The number of hydrogen-bond acceptors (Lipinski definition) is 5. The molecule has 8 nitrogen and oxygen atoms in total. The highest BCUT2D eigenvalue weighted by Crippen LogP contribution is 2.27. The summed E-state index contributed by atoms with van der Waals surface area (Å²) in [6, 6.07) is 12.9. The molecule has 0 unspecified atom stereocenters. The minimum absolute atomic E-state index is 0.195. The molecule has 0 bridgehead atoms. The number of ether oxygens (including phenoxy) is 1. The van der Waals surface area contributed by atoms with E-state index in [9.17, 15) is 9.59 Å². The Hall–Kier alpha value is -3.65. The van der Waals surface area contributed by atoms with Gasteiger partial charge < -0.3 is 10.1 Å². The van der Waals surface area contributed by atoms with Crippen molar-refractivity contribution < 1.29 is 9.53 Å². The Morgan fingerprint density at radius 2 is 1.94 bits per heavy atom. The van der Waals surface area contributed by atoms with Crippen LogP contribution in [0.5, 0.6) is 5.75 Å². The molecular weight excluding hydrogens is 430 g/mol. The number of rotatable bonds is 6. The SMILES string of the molecule is COc1ccc(NC(=O)Cn2cnc3c(cnn3-c3ccc(C(C)C)cc3)c2=O)cc1Cl. The molecule has 4 aromatic rings. The predicted octanol–water partition coefficient (Wildman–Crippen LogP) is 4.01. The van der Waals surface area contributed by atoms with Crippen LogP contribution in [-0.2, 0) is 11.3 Å². The summed E-state index contributed by atoms with van der Waals surface area (Å²) in [4.78, 5) is 29.7. The Labute approximate surface area is 189 Å². The number of benzene rings is 2. The van der Waals surface area contributed by atoms with Crippen molar-refractivity contribution >= 4 is 34.2 Å². The van der Waals surface area contributed by atoms with Gasteiger partial charge in [-0.05, 0) is 41.8 Å². The van der Waals surface area contributed by atoms with Crippen LogP contribution in [0.1, 0.15) is 25.3 Å². The second kappa shape index (κ2) is 8.84. The standard InChI is InChI=1S/C23H22ClN5O3/c1-14(2)15-4-7-17(8-5-15)29-22-18(11-26-29)23(31)28(13-25-22)12-21(30)27-16-6-9-20(32-3)19(24)10-16/h4-11,13-14H,12H2,1-3H3,(H,27,30).